The summed E-state index contributed by atoms with van der Waals surface area (Å²) in [6.45, 7) is 4.68. The molecule has 0 amide bonds. The zero-order valence-electron chi connectivity index (χ0n) is 35.6. The van der Waals surface area contributed by atoms with Gasteiger partial charge < -0.3 is 4.57 Å². The van der Waals surface area contributed by atoms with Gasteiger partial charge in [0.25, 0.3) is 0 Å². The van der Waals surface area contributed by atoms with Crippen molar-refractivity contribution in [3.63, 3.8) is 0 Å². The highest BCUT2D eigenvalue weighted by Gasteiger charge is 2.36. The van der Waals surface area contributed by atoms with Crippen molar-refractivity contribution in [1.82, 2.24) is 14.5 Å². The molecule has 0 radical (unpaired) electrons. The summed E-state index contributed by atoms with van der Waals surface area (Å²) in [4.78, 5) is 14.7. The molecule has 3 aromatic heterocycles. The van der Waals surface area contributed by atoms with Crippen LogP contribution in [-0.4, -0.2) is 14.5 Å². The van der Waals surface area contributed by atoms with Gasteiger partial charge in [-0.25, -0.2) is 9.97 Å². The first-order chi connectivity index (χ1) is 31.5. The number of para-hydroxylation sites is 2. The summed E-state index contributed by atoms with van der Waals surface area (Å²) in [7, 11) is 0. The molecular formula is C59H43N5. The minimum absolute atomic E-state index is 0.177. The summed E-state index contributed by atoms with van der Waals surface area (Å²) < 4.78 is 2.37. The van der Waals surface area contributed by atoms with Crippen LogP contribution in [0.2, 0.25) is 0 Å². The number of aromatic nitrogens is 3. The van der Waals surface area contributed by atoms with Gasteiger partial charge in [0.1, 0.15) is 11.6 Å². The average molecular weight is 822 g/mol. The third kappa shape index (κ3) is 6.08. The number of fused-ring (bicyclic) bond motifs is 7. The molecule has 8 aromatic carbocycles. The topological polar surface area (TPSA) is 37.2 Å². The molecule has 0 saturated carbocycles. The molecule has 0 aliphatic heterocycles. The number of anilines is 6. The van der Waals surface area contributed by atoms with Crippen molar-refractivity contribution in [2.75, 3.05) is 9.80 Å². The fraction of sp³-hybridized carbons (Fsp3) is 0.0508. The van der Waals surface area contributed by atoms with E-state index in [1.54, 1.807) is 0 Å². The molecule has 1 aliphatic rings. The van der Waals surface area contributed by atoms with Gasteiger partial charge in [-0.2, -0.15) is 0 Å². The quantitative estimate of drug-likeness (QED) is 0.153. The lowest BCUT2D eigenvalue weighted by molar-refractivity contribution is 0.660. The van der Waals surface area contributed by atoms with Crippen LogP contribution in [0.3, 0.4) is 0 Å². The first-order valence-corrected chi connectivity index (χ1v) is 21.9. The van der Waals surface area contributed by atoms with Crippen LogP contribution in [0, 0.1) is 0 Å². The molecule has 0 bridgehead atoms. The summed E-state index contributed by atoms with van der Waals surface area (Å²) in [5.41, 5.74) is 14.7. The van der Waals surface area contributed by atoms with Gasteiger partial charge in [-0.05, 0) is 130 Å². The third-order valence-electron chi connectivity index (χ3n) is 13.0. The van der Waals surface area contributed by atoms with E-state index in [2.05, 4.69) is 228 Å². The van der Waals surface area contributed by atoms with Crippen molar-refractivity contribution in [2.24, 2.45) is 0 Å². The highest BCUT2D eigenvalue weighted by atomic mass is 15.2. The van der Waals surface area contributed by atoms with Crippen LogP contribution in [0.15, 0.2) is 225 Å². The second-order valence-corrected chi connectivity index (χ2v) is 17.1. The summed E-state index contributed by atoms with van der Waals surface area (Å²) >= 11 is 0. The lowest BCUT2D eigenvalue weighted by Gasteiger charge is -2.30. The van der Waals surface area contributed by atoms with E-state index in [1.165, 1.54) is 38.5 Å². The fourth-order valence-electron chi connectivity index (χ4n) is 10.0. The molecule has 5 nitrogen and oxygen atoms in total. The van der Waals surface area contributed by atoms with Crippen molar-refractivity contribution >= 4 is 67.0 Å². The minimum Gasteiger partial charge on any atom is -0.309 e. The monoisotopic (exact) mass is 821 g/mol. The summed E-state index contributed by atoms with van der Waals surface area (Å²) in [6.07, 6.45) is 3.76. The zero-order chi connectivity index (χ0) is 42.8. The molecule has 0 saturated heterocycles. The number of hydrogen-bond donors (Lipinski definition) is 0. The van der Waals surface area contributed by atoms with Gasteiger partial charge in [0.05, 0.1) is 28.1 Å². The Morgan fingerprint density at radius 3 is 1.84 bits per heavy atom. The van der Waals surface area contributed by atoms with Gasteiger partial charge in [0.15, 0.2) is 0 Å². The number of rotatable bonds is 8. The molecule has 12 rings (SSSR count). The smallest absolute Gasteiger partial charge is 0.137 e. The van der Waals surface area contributed by atoms with Crippen LogP contribution in [0.5, 0.6) is 0 Å². The molecule has 304 valence electrons. The maximum atomic E-state index is 5.04. The molecule has 11 aromatic rings. The van der Waals surface area contributed by atoms with Crippen LogP contribution in [0.25, 0.3) is 60.5 Å². The normalized spacial score (nSPS) is 12.7. The van der Waals surface area contributed by atoms with E-state index in [4.69, 9.17) is 9.97 Å². The van der Waals surface area contributed by atoms with E-state index >= 15 is 0 Å². The van der Waals surface area contributed by atoms with Crippen LogP contribution in [-0.2, 0) is 5.41 Å². The van der Waals surface area contributed by atoms with Crippen molar-refractivity contribution in [3.05, 3.63) is 236 Å². The van der Waals surface area contributed by atoms with E-state index in [-0.39, 0.29) is 5.41 Å². The summed E-state index contributed by atoms with van der Waals surface area (Å²) in [6, 6.07) is 76.4. The van der Waals surface area contributed by atoms with Gasteiger partial charge in [-0.15, -0.1) is 0 Å². The van der Waals surface area contributed by atoms with Crippen LogP contribution >= 0.6 is 0 Å². The Morgan fingerprint density at radius 1 is 0.406 bits per heavy atom. The molecule has 0 atom stereocenters. The first kappa shape index (κ1) is 37.5. The minimum atomic E-state index is -0.177. The van der Waals surface area contributed by atoms with Gasteiger partial charge in [-0.1, -0.05) is 135 Å². The van der Waals surface area contributed by atoms with Crippen LogP contribution in [0.4, 0.5) is 34.4 Å². The van der Waals surface area contributed by atoms with E-state index in [1.807, 2.05) is 24.5 Å². The lowest BCUT2D eigenvalue weighted by atomic mass is 9.82. The molecular weight excluding hydrogens is 779 g/mol. The third-order valence-corrected chi connectivity index (χ3v) is 13.0. The molecule has 0 spiro atoms. The Morgan fingerprint density at radius 2 is 1.05 bits per heavy atom. The van der Waals surface area contributed by atoms with Crippen molar-refractivity contribution in [1.29, 1.82) is 0 Å². The van der Waals surface area contributed by atoms with Gasteiger partial charge in [0.2, 0.25) is 0 Å². The zero-order valence-corrected chi connectivity index (χ0v) is 35.6. The largest absolute Gasteiger partial charge is 0.309 e. The van der Waals surface area contributed by atoms with Crippen LogP contribution in [0.1, 0.15) is 25.0 Å². The Labute approximate surface area is 372 Å². The van der Waals surface area contributed by atoms with Gasteiger partial charge in [-0.3, -0.25) is 9.80 Å². The van der Waals surface area contributed by atoms with E-state index in [0.717, 1.165) is 67.5 Å². The molecule has 0 unspecified atom stereocenters. The second-order valence-electron chi connectivity index (χ2n) is 17.1. The first-order valence-electron chi connectivity index (χ1n) is 21.9. The Kier molecular flexibility index (Phi) is 8.76. The maximum absolute atomic E-state index is 5.04. The highest BCUT2D eigenvalue weighted by Crippen LogP contribution is 2.51. The average Bonchev–Trinajstić information content (AvgIpc) is 3.80. The Balaban J connectivity index is 1.13. The molecule has 3 heterocycles. The van der Waals surface area contributed by atoms with E-state index in [9.17, 15) is 0 Å². The molecule has 64 heavy (non-hydrogen) atoms. The van der Waals surface area contributed by atoms with E-state index in [0.29, 0.717) is 0 Å². The number of hydrogen-bond acceptors (Lipinski definition) is 4. The van der Waals surface area contributed by atoms with Crippen LogP contribution < -0.4 is 9.80 Å². The number of pyridine rings is 2. The molecule has 0 fully saturated rings. The molecule has 1 aliphatic carbocycles. The van der Waals surface area contributed by atoms with Crippen molar-refractivity contribution in [2.45, 2.75) is 19.3 Å². The summed E-state index contributed by atoms with van der Waals surface area (Å²) in [5, 5.41) is 4.71. The highest BCUT2D eigenvalue weighted by molar-refractivity contribution is 6.11. The molecule has 5 heteroatoms. The lowest BCUT2D eigenvalue weighted by Crippen LogP contribution is -2.17. The SMILES string of the molecule is CC1(C)c2ccccc2-c2ccc(N(c3cc(-c4ccc5c(c4)c4ccccc4n5-c4ccccc4)cc(N(c4ccccn4)c4cccc5ccccc45)c3)c3ccccn3)cc21. The van der Waals surface area contributed by atoms with Gasteiger partial charge in [0, 0.05) is 45.3 Å². The van der Waals surface area contributed by atoms with E-state index < -0.39 is 0 Å². The van der Waals surface area contributed by atoms with Gasteiger partial charge >= 0.3 is 0 Å². The summed E-state index contributed by atoms with van der Waals surface area (Å²) in [5.74, 6) is 1.65. The number of nitrogens with zero attached hydrogens (tertiary/aromatic N) is 5. The Bertz CT molecular complexity index is 3530. The standard InChI is InChI=1S/C59H43N5/c1-59(2)52-24-10-8-22-48(52)49-31-30-44(39-53(49)59)62(57-27-12-14-33-60-57)45-35-42(41-29-32-56-51(37-41)50-23-9-11-25-55(50)63(56)43-19-4-3-5-20-43)36-46(38-45)64(58-28-13-15-34-61-58)54-26-16-18-40-17-6-7-21-47(40)54/h3-39H,1-2H3. The van der Waals surface area contributed by atoms with Crippen molar-refractivity contribution in [3.8, 4) is 27.9 Å². The second kappa shape index (κ2) is 15.0. The van der Waals surface area contributed by atoms with Crippen molar-refractivity contribution < 1.29 is 0 Å². The predicted octanol–water partition coefficient (Wildman–Crippen LogP) is 15.6. The fourth-order valence-corrected chi connectivity index (χ4v) is 10.0. The maximum Gasteiger partial charge on any atom is 0.137 e. The Hall–Kier alpha value is -8.28. The molecule has 0 N–H and O–H groups in total. The predicted molar refractivity (Wildman–Crippen MR) is 266 cm³/mol. The number of benzene rings is 8.